The molecule has 1 aliphatic heterocycles. The summed E-state index contributed by atoms with van der Waals surface area (Å²) in [5, 5.41) is 3.85. The highest BCUT2D eigenvalue weighted by Crippen LogP contribution is 2.19. The van der Waals surface area contributed by atoms with E-state index in [1.807, 2.05) is 12.1 Å². The van der Waals surface area contributed by atoms with Gasteiger partial charge in [-0.3, -0.25) is 5.32 Å². The third-order valence-electron chi connectivity index (χ3n) is 3.21. The second-order valence-corrected chi connectivity index (χ2v) is 4.99. The van der Waals surface area contributed by atoms with Crippen molar-refractivity contribution in [1.82, 2.24) is 5.32 Å². The molecule has 1 aromatic carbocycles. The Bertz CT molecular complexity index is 415. The Morgan fingerprint density at radius 3 is 2.84 bits per heavy atom. The molecule has 4 nitrogen and oxygen atoms in total. The van der Waals surface area contributed by atoms with Crippen molar-refractivity contribution in [3.8, 4) is 0 Å². The summed E-state index contributed by atoms with van der Waals surface area (Å²) in [5.74, 6) is -0.305. The molecule has 0 bridgehead atoms. The zero-order valence-corrected chi connectivity index (χ0v) is 11.7. The van der Waals surface area contributed by atoms with Crippen LogP contribution in [0.1, 0.15) is 24.4 Å². The summed E-state index contributed by atoms with van der Waals surface area (Å²) in [7, 11) is 1.39. The molecule has 19 heavy (non-hydrogen) atoms. The first-order valence-electron chi connectivity index (χ1n) is 6.39. The van der Waals surface area contributed by atoms with Crippen LogP contribution in [0.25, 0.3) is 0 Å². The van der Waals surface area contributed by atoms with Crippen LogP contribution in [-0.4, -0.2) is 32.3 Å². The van der Waals surface area contributed by atoms with Gasteiger partial charge in [0.05, 0.1) is 13.2 Å². The van der Waals surface area contributed by atoms with Crippen LogP contribution in [0.4, 0.5) is 0 Å². The molecule has 0 radical (unpaired) electrons. The molecule has 1 saturated heterocycles. The number of esters is 1. The summed E-state index contributed by atoms with van der Waals surface area (Å²) >= 11 is 5.85. The summed E-state index contributed by atoms with van der Waals surface area (Å²) < 4.78 is 10.4. The number of nitrogens with one attached hydrogen (secondary N) is 1. The van der Waals surface area contributed by atoms with Gasteiger partial charge in [0.25, 0.3) is 0 Å². The number of halogens is 1. The van der Waals surface area contributed by atoms with E-state index in [2.05, 4.69) is 5.32 Å². The van der Waals surface area contributed by atoms with E-state index in [-0.39, 0.29) is 12.1 Å². The van der Waals surface area contributed by atoms with Crippen molar-refractivity contribution in [2.24, 2.45) is 0 Å². The smallest absolute Gasteiger partial charge is 0.327 e. The molecule has 0 aromatic heterocycles. The molecular formula is C14H18ClNO3. The average Bonchev–Trinajstić information content (AvgIpc) is 2.93. The van der Waals surface area contributed by atoms with Gasteiger partial charge in [-0.05, 0) is 30.5 Å². The minimum Gasteiger partial charge on any atom is -0.468 e. The molecule has 104 valence electrons. The van der Waals surface area contributed by atoms with Crippen LogP contribution in [-0.2, 0) is 14.3 Å². The highest BCUT2D eigenvalue weighted by molar-refractivity contribution is 6.30. The van der Waals surface area contributed by atoms with E-state index in [0.717, 1.165) is 25.0 Å². The van der Waals surface area contributed by atoms with E-state index in [0.29, 0.717) is 11.6 Å². The zero-order valence-electron chi connectivity index (χ0n) is 10.9. The molecule has 2 unspecified atom stereocenters. The maximum atomic E-state index is 11.8. The van der Waals surface area contributed by atoms with Gasteiger partial charge in [-0.25, -0.2) is 4.79 Å². The van der Waals surface area contributed by atoms with Crippen molar-refractivity contribution < 1.29 is 14.3 Å². The Morgan fingerprint density at radius 2 is 2.26 bits per heavy atom. The molecule has 0 aliphatic carbocycles. The van der Waals surface area contributed by atoms with Gasteiger partial charge in [-0.1, -0.05) is 23.7 Å². The van der Waals surface area contributed by atoms with Crippen LogP contribution in [0.15, 0.2) is 24.3 Å². The lowest BCUT2D eigenvalue weighted by atomic mass is 10.1. The predicted molar refractivity (Wildman–Crippen MR) is 73.2 cm³/mol. The number of ether oxygens (including phenoxy) is 2. The maximum Gasteiger partial charge on any atom is 0.327 e. The fourth-order valence-corrected chi connectivity index (χ4v) is 2.29. The minimum atomic E-state index is -0.480. The van der Waals surface area contributed by atoms with Crippen LogP contribution in [0.2, 0.25) is 5.02 Å². The van der Waals surface area contributed by atoms with Gasteiger partial charge < -0.3 is 9.47 Å². The molecule has 1 heterocycles. The quantitative estimate of drug-likeness (QED) is 0.843. The van der Waals surface area contributed by atoms with Crippen LogP contribution in [0.3, 0.4) is 0 Å². The largest absolute Gasteiger partial charge is 0.468 e. The van der Waals surface area contributed by atoms with Gasteiger partial charge in [0.1, 0.15) is 6.04 Å². The molecule has 0 saturated carbocycles. The molecule has 1 N–H and O–H groups in total. The second kappa shape index (κ2) is 6.89. The zero-order chi connectivity index (χ0) is 13.7. The number of hydrogen-bond donors (Lipinski definition) is 1. The molecule has 2 rings (SSSR count). The number of carbonyl (C=O) groups excluding carboxylic acids is 1. The van der Waals surface area contributed by atoms with Crippen molar-refractivity contribution >= 4 is 17.6 Å². The normalized spacial score (nSPS) is 20.2. The van der Waals surface area contributed by atoms with Gasteiger partial charge in [0.15, 0.2) is 0 Å². The van der Waals surface area contributed by atoms with Crippen LogP contribution in [0.5, 0.6) is 0 Å². The highest BCUT2D eigenvalue weighted by Gasteiger charge is 2.23. The van der Waals surface area contributed by atoms with Crippen LogP contribution in [0, 0.1) is 0 Å². The molecule has 1 fully saturated rings. The predicted octanol–water partition coefficient (Wildman–Crippen LogP) is 2.32. The van der Waals surface area contributed by atoms with Crippen molar-refractivity contribution in [3.63, 3.8) is 0 Å². The van der Waals surface area contributed by atoms with E-state index in [4.69, 9.17) is 21.1 Å². The SMILES string of the molecule is COC(=O)C(NCC1CCCO1)c1ccc(Cl)cc1. The first-order chi connectivity index (χ1) is 9.20. The fourth-order valence-electron chi connectivity index (χ4n) is 2.16. The molecular weight excluding hydrogens is 266 g/mol. The number of hydrogen-bond acceptors (Lipinski definition) is 4. The molecule has 1 aliphatic rings. The number of carbonyl (C=O) groups is 1. The Balaban J connectivity index is 2.02. The van der Waals surface area contributed by atoms with E-state index in [1.54, 1.807) is 12.1 Å². The molecule has 0 spiro atoms. The summed E-state index contributed by atoms with van der Waals surface area (Å²) in [6.07, 6.45) is 2.29. The number of benzene rings is 1. The second-order valence-electron chi connectivity index (χ2n) is 4.55. The summed E-state index contributed by atoms with van der Waals surface area (Å²) in [4.78, 5) is 11.8. The Kier molecular flexibility index (Phi) is 5.19. The Hall–Kier alpha value is -1.10. The van der Waals surface area contributed by atoms with Gasteiger partial charge >= 0.3 is 5.97 Å². The number of rotatable bonds is 5. The molecule has 5 heteroatoms. The third-order valence-corrected chi connectivity index (χ3v) is 3.47. The number of methoxy groups -OCH3 is 1. The fraction of sp³-hybridized carbons (Fsp3) is 0.500. The van der Waals surface area contributed by atoms with Crippen molar-refractivity contribution in [2.75, 3.05) is 20.3 Å². The summed E-state index contributed by atoms with van der Waals surface area (Å²) in [5.41, 5.74) is 0.842. The lowest BCUT2D eigenvalue weighted by molar-refractivity contribution is -0.143. The molecule has 1 aromatic rings. The van der Waals surface area contributed by atoms with Gasteiger partial charge in [0, 0.05) is 18.2 Å². The standard InChI is InChI=1S/C14H18ClNO3/c1-18-14(17)13(10-4-6-11(15)7-5-10)16-9-12-3-2-8-19-12/h4-7,12-13,16H,2-3,8-9H2,1H3. The van der Waals surface area contributed by atoms with E-state index >= 15 is 0 Å². The van der Waals surface area contributed by atoms with Crippen molar-refractivity contribution in [1.29, 1.82) is 0 Å². The maximum absolute atomic E-state index is 11.8. The first kappa shape index (κ1) is 14.3. The Labute approximate surface area is 118 Å². The van der Waals surface area contributed by atoms with Gasteiger partial charge in [-0.2, -0.15) is 0 Å². The molecule has 0 amide bonds. The van der Waals surface area contributed by atoms with Crippen LogP contribution < -0.4 is 5.32 Å². The summed E-state index contributed by atoms with van der Waals surface area (Å²) in [6.45, 7) is 1.44. The highest BCUT2D eigenvalue weighted by atomic mass is 35.5. The lowest BCUT2D eigenvalue weighted by Gasteiger charge is -2.19. The minimum absolute atomic E-state index is 0.180. The monoisotopic (exact) mass is 283 g/mol. The van der Waals surface area contributed by atoms with E-state index in [9.17, 15) is 4.79 Å². The van der Waals surface area contributed by atoms with Crippen LogP contribution >= 0.6 is 11.6 Å². The van der Waals surface area contributed by atoms with Crippen molar-refractivity contribution in [2.45, 2.75) is 25.0 Å². The van der Waals surface area contributed by atoms with Crippen molar-refractivity contribution in [3.05, 3.63) is 34.9 Å². The van der Waals surface area contributed by atoms with E-state index < -0.39 is 6.04 Å². The molecule has 2 atom stereocenters. The average molecular weight is 284 g/mol. The first-order valence-corrected chi connectivity index (χ1v) is 6.77. The van der Waals surface area contributed by atoms with E-state index in [1.165, 1.54) is 7.11 Å². The Morgan fingerprint density at radius 1 is 1.53 bits per heavy atom. The summed E-state index contributed by atoms with van der Waals surface area (Å²) in [6, 6.07) is 6.70. The van der Waals surface area contributed by atoms with Gasteiger partial charge in [0.2, 0.25) is 0 Å². The third kappa shape index (κ3) is 3.93. The van der Waals surface area contributed by atoms with Gasteiger partial charge in [-0.15, -0.1) is 0 Å². The lowest BCUT2D eigenvalue weighted by Crippen LogP contribution is -2.35. The topological polar surface area (TPSA) is 47.6 Å².